The molecule has 6 heteroatoms. The molecule has 2 aromatic carbocycles. The van der Waals surface area contributed by atoms with Crippen molar-refractivity contribution in [3.05, 3.63) is 56.0 Å². The maximum atomic E-state index is 6.17. The third-order valence-electron chi connectivity index (χ3n) is 2.77. The van der Waals surface area contributed by atoms with E-state index in [1.54, 1.807) is 18.2 Å². The molecule has 21 heavy (non-hydrogen) atoms. The van der Waals surface area contributed by atoms with Crippen molar-refractivity contribution in [2.75, 3.05) is 11.9 Å². The maximum Gasteiger partial charge on any atom is 0.142 e. The van der Waals surface area contributed by atoms with Gasteiger partial charge in [-0.25, -0.2) is 0 Å². The lowest BCUT2D eigenvalue weighted by molar-refractivity contribution is 0.337. The Balaban J connectivity index is 2.22. The third kappa shape index (κ3) is 4.33. The number of halogens is 4. The van der Waals surface area contributed by atoms with Gasteiger partial charge in [0.05, 0.1) is 22.3 Å². The van der Waals surface area contributed by atoms with Crippen molar-refractivity contribution in [2.45, 2.75) is 13.5 Å². The van der Waals surface area contributed by atoms with Gasteiger partial charge in [-0.15, -0.1) is 0 Å². The summed E-state index contributed by atoms with van der Waals surface area (Å²) >= 11 is 24.2. The molecule has 0 aliphatic heterocycles. The number of nitrogens with one attached hydrogen (secondary N) is 1. The lowest BCUT2D eigenvalue weighted by Gasteiger charge is -2.14. The summed E-state index contributed by atoms with van der Waals surface area (Å²) in [5.41, 5.74) is 1.64. The second-order valence-electron chi connectivity index (χ2n) is 4.29. The Kier molecular flexibility index (Phi) is 5.88. The zero-order chi connectivity index (χ0) is 15.4. The van der Waals surface area contributed by atoms with Crippen molar-refractivity contribution in [3.63, 3.8) is 0 Å². The summed E-state index contributed by atoms with van der Waals surface area (Å²) < 4.78 is 5.58. The molecule has 0 atom stereocenters. The van der Waals surface area contributed by atoms with Crippen LogP contribution in [0, 0.1) is 0 Å². The Morgan fingerprint density at radius 1 is 0.952 bits per heavy atom. The summed E-state index contributed by atoms with van der Waals surface area (Å²) in [5.74, 6) is 0.626. The van der Waals surface area contributed by atoms with E-state index in [9.17, 15) is 0 Å². The topological polar surface area (TPSA) is 21.3 Å². The normalized spacial score (nSPS) is 10.5. The standard InChI is InChI=1S/C15H13Cl4NO/c1-2-21-15-9(5-11(17)7-13(15)19)8-20-14-4-3-10(16)6-12(14)18/h3-7,20H,2,8H2,1H3. The fourth-order valence-corrected chi connectivity index (χ4v) is 2.94. The minimum atomic E-state index is 0.483. The summed E-state index contributed by atoms with van der Waals surface area (Å²) in [4.78, 5) is 0. The molecule has 0 bridgehead atoms. The monoisotopic (exact) mass is 363 g/mol. The van der Waals surface area contributed by atoms with Crippen LogP contribution < -0.4 is 10.1 Å². The molecule has 0 amide bonds. The van der Waals surface area contributed by atoms with Gasteiger partial charge < -0.3 is 10.1 Å². The highest BCUT2D eigenvalue weighted by molar-refractivity contribution is 6.36. The Morgan fingerprint density at radius 2 is 1.67 bits per heavy atom. The van der Waals surface area contributed by atoms with Gasteiger partial charge in [-0.2, -0.15) is 0 Å². The Morgan fingerprint density at radius 3 is 2.33 bits per heavy atom. The predicted octanol–water partition coefficient (Wildman–Crippen LogP) is 6.31. The van der Waals surface area contributed by atoms with Crippen molar-refractivity contribution in [2.24, 2.45) is 0 Å². The second kappa shape index (κ2) is 7.46. The molecule has 0 saturated carbocycles. The van der Waals surface area contributed by atoms with E-state index in [1.165, 1.54) is 0 Å². The molecule has 112 valence electrons. The maximum absolute atomic E-state index is 6.17. The van der Waals surface area contributed by atoms with Crippen LogP contribution in [0.5, 0.6) is 5.75 Å². The molecule has 0 unspecified atom stereocenters. The summed E-state index contributed by atoms with van der Waals surface area (Å²) in [6.45, 7) is 2.91. The van der Waals surface area contributed by atoms with Gasteiger partial charge in [-0.05, 0) is 37.3 Å². The SMILES string of the molecule is CCOc1c(Cl)cc(Cl)cc1CNc1ccc(Cl)cc1Cl. The molecule has 0 aromatic heterocycles. The summed E-state index contributed by atoms with van der Waals surface area (Å²) in [5, 5.41) is 5.41. The second-order valence-corrected chi connectivity index (χ2v) is 5.97. The Labute approximate surface area is 143 Å². The number of ether oxygens (including phenoxy) is 1. The van der Waals surface area contributed by atoms with E-state index in [2.05, 4.69) is 5.32 Å². The molecule has 0 heterocycles. The summed E-state index contributed by atoms with van der Waals surface area (Å²) in [6.07, 6.45) is 0. The van der Waals surface area contributed by atoms with Crippen LogP contribution in [0.3, 0.4) is 0 Å². The van der Waals surface area contributed by atoms with Crippen molar-refractivity contribution < 1.29 is 4.74 Å². The van der Waals surface area contributed by atoms with Gasteiger partial charge in [0, 0.05) is 22.2 Å². The zero-order valence-corrected chi connectivity index (χ0v) is 14.2. The van der Waals surface area contributed by atoms with Gasteiger partial charge in [-0.1, -0.05) is 46.4 Å². The van der Waals surface area contributed by atoms with E-state index >= 15 is 0 Å². The van der Waals surface area contributed by atoms with Crippen LogP contribution in [-0.2, 0) is 6.54 Å². The van der Waals surface area contributed by atoms with Gasteiger partial charge in [0.25, 0.3) is 0 Å². The first-order valence-electron chi connectivity index (χ1n) is 6.31. The summed E-state index contributed by atoms with van der Waals surface area (Å²) in [7, 11) is 0. The van der Waals surface area contributed by atoms with Gasteiger partial charge >= 0.3 is 0 Å². The van der Waals surface area contributed by atoms with E-state index in [0.29, 0.717) is 39.0 Å². The van der Waals surface area contributed by atoms with Gasteiger partial charge in [0.1, 0.15) is 5.75 Å². The highest BCUT2D eigenvalue weighted by Crippen LogP contribution is 2.33. The molecule has 0 aliphatic carbocycles. The average Bonchev–Trinajstić information content (AvgIpc) is 2.41. The Hall–Kier alpha value is -0.800. The first kappa shape index (κ1) is 16.6. The number of hydrogen-bond acceptors (Lipinski definition) is 2. The van der Waals surface area contributed by atoms with Crippen molar-refractivity contribution in [1.82, 2.24) is 0 Å². The number of benzene rings is 2. The van der Waals surface area contributed by atoms with Gasteiger partial charge in [0.15, 0.2) is 0 Å². The van der Waals surface area contributed by atoms with Crippen LogP contribution in [0.25, 0.3) is 0 Å². The van der Waals surface area contributed by atoms with Crippen LogP contribution in [-0.4, -0.2) is 6.61 Å². The largest absolute Gasteiger partial charge is 0.492 e. The number of hydrogen-bond donors (Lipinski definition) is 1. The smallest absolute Gasteiger partial charge is 0.142 e. The van der Waals surface area contributed by atoms with Crippen molar-refractivity contribution in [3.8, 4) is 5.75 Å². The van der Waals surface area contributed by atoms with Crippen LogP contribution in [0.4, 0.5) is 5.69 Å². The molecule has 0 radical (unpaired) electrons. The Bertz CT molecular complexity index is 646. The van der Waals surface area contributed by atoms with Gasteiger partial charge in [-0.3, -0.25) is 0 Å². The van der Waals surface area contributed by atoms with E-state index in [-0.39, 0.29) is 0 Å². The molecule has 1 N–H and O–H groups in total. The molecule has 0 aliphatic rings. The molecule has 0 fully saturated rings. The number of rotatable bonds is 5. The van der Waals surface area contributed by atoms with E-state index in [0.717, 1.165) is 11.3 Å². The van der Waals surface area contributed by atoms with Gasteiger partial charge in [0.2, 0.25) is 0 Å². The molecular weight excluding hydrogens is 352 g/mol. The molecule has 2 nitrogen and oxygen atoms in total. The molecule has 2 aromatic rings. The molecule has 2 rings (SSSR count). The minimum absolute atomic E-state index is 0.483. The zero-order valence-electron chi connectivity index (χ0n) is 11.2. The van der Waals surface area contributed by atoms with Crippen molar-refractivity contribution in [1.29, 1.82) is 0 Å². The third-order valence-corrected chi connectivity index (χ3v) is 3.82. The average molecular weight is 365 g/mol. The summed E-state index contributed by atoms with van der Waals surface area (Å²) in [6, 6.07) is 8.74. The van der Waals surface area contributed by atoms with Crippen molar-refractivity contribution >= 4 is 52.1 Å². The lowest BCUT2D eigenvalue weighted by Crippen LogP contribution is -2.04. The first-order chi connectivity index (χ1) is 10.0. The molecule has 0 spiro atoms. The fourth-order valence-electron chi connectivity index (χ4n) is 1.87. The van der Waals surface area contributed by atoms with E-state index < -0.39 is 0 Å². The van der Waals surface area contributed by atoms with Crippen LogP contribution in [0.2, 0.25) is 20.1 Å². The molecule has 0 saturated heterocycles. The first-order valence-corrected chi connectivity index (χ1v) is 7.82. The van der Waals surface area contributed by atoms with Crippen LogP contribution >= 0.6 is 46.4 Å². The fraction of sp³-hybridized carbons (Fsp3) is 0.200. The predicted molar refractivity (Wildman–Crippen MR) is 91.4 cm³/mol. The quantitative estimate of drug-likeness (QED) is 0.670. The minimum Gasteiger partial charge on any atom is -0.492 e. The number of anilines is 1. The van der Waals surface area contributed by atoms with E-state index in [4.69, 9.17) is 51.1 Å². The van der Waals surface area contributed by atoms with Crippen LogP contribution in [0.1, 0.15) is 12.5 Å². The highest BCUT2D eigenvalue weighted by atomic mass is 35.5. The lowest BCUT2D eigenvalue weighted by atomic mass is 10.2. The molecular formula is C15H13Cl4NO. The highest BCUT2D eigenvalue weighted by Gasteiger charge is 2.11. The van der Waals surface area contributed by atoms with Crippen LogP contribution in [0.15, 0.2) is 30.3 Å². The van der Waals surface area contributed by atoms with E-state index in [1.807, 2.05) is 19.1 Å².